The molecule has 0 aliphatic heterocycles. The van der Waals surface area contributed by atoms with Gasteiger partial charge in [-0.1, -0.05) is 12.0 Å². The Morgan fingerprint density at radius 1 is 1.62 bits per heavy atom. The Morgan fingerprint density at radius 2 is 2.38 bits per heavy atom. The third-order valence-electron chi connectivity index (χ3n) is 2.28. The van der Waals surface area contributed by atoms with E-state index in [1.54, 1.807) is 6.20 Å². The van der Waals surface area contributed by atoms with Gasteiger partial charge in [0, 0.05) is 30.3 Å². The molecule has 0 amide bonds. The molecule has 1 aromatic heterocycles. The van der Waals surface area contributed by atoms with Crippen LogP contribution in [0.15, 0.2) is 22.2 Å². The number of nitrogens with zero attached hydrogens (tertiary/aromatic N) is 4. The summed E-state index contributed by atoms with van der Waals surface area (Å²) in [6, 6.07) is 1.45. The minimum Gasteiger partial charge on any atom is -0.491 e. The monoisotopic (exact) mass is 222 g/mol. The van der Waals surface area contributed by atoms with E-state index in [4.69, 9.17) is 10.3 Å². The zero-order chi connectivity index (χ0) is 12.0. The summed E-state index contributed by atoms with van der Waals surface area (Å²) in [6.07, 6.45) is 2.38. The highest BCUT2D eigenvalue weighted by Crippen LogP contribution is 2.13. The molecule has 0 bridgehead atoms. The van der Waals surface area contributed by atoms with Crippen molar-refractivity contribution in [3.8, 4) is 5.75 Å². The molecule has 0 aliphatic carbocycles. The molecule has 1 heterocycles. The quantitative estimate of drug-likeness (QED) is 0.432. The van der Waals surface area contributed by atoms with Crippen molar-refractivity contribution < 1.29 is 4.74 Å². The van der Waals surface area contributed by atoms with Crippen LogP contribution in [0, 0.1) is 0 Å². The molecule has 0 aliphatic rings. The van der Waals surface area contributed by atoms with Crippen molar-refractivity contribution in [2.45, 2.75) is 19.9 Å². The van der Waals surface area contributed by atoms with E-state index in [-0.39, 0.29) is 5.43 Å². The summed E-state index contributed by atoms with van der Waals surface area (Å²) in [5, 5.41) is 3.46. The van der Waals surface area contributed by atoms with Gasteiger partial charge in [0.15, 0.2) is 5.75 Å². The molecule has 0 atom stereocenters. The van der Waals surface area contributed by atoms with Crippen molar-refractivity contribution in [2.75, 3.05) is 13.7 Å². The Balaban J connectivity index is 3.09. The van der Waals surface area contributed by atoms with Crippen LogP contribution in [0.2, 0.25) is 0 Å². The fraction of sp³-hybridized carbons (Fsp3) is 0.500. The number of ether oxygens (including phenoxy) is 1. The summed E-state index contributed by atoms with van der Waals surface area (Å²) in [5.74, 6) is 0.367. The predicted octanol–water partition coefficient (Wildman–Crippen LogP) is 1.73. The van der Waals surface area contributed by atoms with E-state index < -0.39 is 0 Å². The molecule has 86 valence electrons. The number of azide groups is 1. The first kappa shape index (κ1) is 12.1. The summed E-state index contributed by atoms with van der Waals surface area (Å²) in [7, 11) is 1.48. The number of pyridine rings is 1. The zero-order valence-electron chi connectivity index (χ0n) is 9.38. The van der Waals surface area contributed by atoms with Crippen LogP contribution < -0.4 is 10.2 Å². The summed E-state index contributed by atoms with van der Waals surface area (Å²) in [6.45, 7) is 2.85. The van der Waals surface area contributed by atoms with Gasteiger partial charge in [-0.2, -0.15) is 0 Å². The van der Waals surface area contributed by atoms with Crippen LogP contribution in [0.4, 0.5) is 0 Å². The standard InChI is InChI=1S/C10H14N4O2/c1-3-8-10(16-2)9(15)4-6-14(8)7-5-12-13-11/h4,6H,3,5,7H2,1-2H3. The maximum atomic E-state index is 11.5. The molecule has 6 nitrogen and oxygen atoms in total. The predicted molar refractivity (Wildman–Crippen MR) is 60.6 cm³/mol. The van der Waals surface area contributed by atoms with Crippen LogP contribution in [-0.4, -0.2) is 18.2 Å². The molecule has 16 heavy (non-hydrogen) atoms. The lowest BCUT2D eigenvalue weighted by Gasteiger charge is -2.13. The maximum absolute atomic E-state index is 11.5. The Bertz CT molecular complexity index is 460. The van der Waals surface area contributed by atoms with E-state index in [1.165, 1.54) is 13.2 Å². The third-order valence-corrected chi connectivity index (χ3v) is 2.28. The van der Waals surface area contributed by atoms with E-state index in [0.717, 1.165) is 5.69 Å². The number of aromatic nitrogens is 1. The van der Waals surface area contributed by atoms with Gasteiger partial charge in [0.2, 0.25) is 5.43 Å². The lowest BCUT2D eigenvalue weighted by Crippen LogP contribution is -2.16. The van der Waals surface area contributed by atoms with Crippen molar-refractivity contribution in [1.82, 2.24) is 4.57 Å². The summed E-state index contributed by atoms with van der Waals surface area (Å²) in [5.41, 5.74) is 8.89. The van der Waals surface area contributed by atoms with Gasteiger partial charge in [-0.25, -0.2) is 0 Å². The molecule has 0 N–H and O–H groups in total. The molecule has 0 spiro atoms. The molecule has 0 saturated carbocycles. The van der Waals surface area contributed by atoms with E-state index in [2.05, 4.69) is 10.0 Å². The third kappa shape index (κ3) is 2.55. The van der Waals surface area contributed by atoms with Gasteiger partial charge in [0.05, 0.1) is 12.8 Å². The second-order valence-electron chi connectivity index (χ2n) is 3.16. The van der Waals surface area contributed by atoms with Crippen molar-refractivity contribution in [2.24, 2.45) is 5.11 Å². The molecular formula is C10H14N4O2. The minimum atomic E-state index is -0.126. The summed E-state index contributed by atoms with van der Waals surface area (Å²) in [4.78, 5) is 14.2. The van der Waals surface area contributed by atoms with E-state index in [1.807, 2.05) is 11.5 Å². The molecule has 6 heteroatoms. The second kappa shape index (κ2) is 5.82. The van der Waals surface area contributed by atoms with Crippen molar-refractivity contribution in [3.05, 3.63) is 38.6 Å². The Labute approximate surface area is 93.1 Å². The maximum Gasteiger partial charge on any atom is 0.223 e. The minimum absolute atomic E-state index is 0.126. The highest BCUT2D eigenvalue weighted by Gasteiger charge is 2.08. The smallest absolute Gasteiger partial charge is 0.223 e. The molecule has 1 rings (SSSR count). The fourth-order valence-corrected chi connectivity index (χ4v) is 1.58. The number of rotatable bonds is 5. The molecule has 0 saturated heterocycles. The first-order chi connectivity index (χ1) is 7.74. The first-order valence-corrected chi connectivity index (χ1v) is 5.01. The van der Waals surface area contributed by atoms with Crippen LogP contribution in [-0.2, 0) is 13.0 Å². The largest absolute Gasteiger partial charge is 0.491 e. The topological polar surface area (TPSA) is 80.0 Å². The van der Waals surface area contributed by atoms with Gasteiger partial charge >= 0.3 is 0 Å². The van der Waals surface area contributed by atoms with E-state index >= 15 is 0 Å². The Kier molecular flexibility index (Phi) is 4.42. The van der Waals surface area contributed by atoms with Crippen LogP contribution in [0.5, 0.6) is 5.75 Å². The van der Waals surface area contributed by atoms with Crippen LogP contribution in [0.25, 0.3) is 10.4 Å². The van der Waals surface area contributed by atoms with Gasteiger partial charge < -0.3 is 9.30 Å². The van der Waals surface area contributed by atoms with Gasteiger partial charge in [-0.05, 0) is 12.0 Å². The fourth-order valence-electron chi connectivity index (χ4n) is 1.58. The number of methoxy groups -OCH3 is 1. The van der Waals surface area contributed by atoms with Crippen molar-refractivity contribution in [3.63, 3.8) is 0 Å². The van der Waals surface area contributed by atoms with E-state index in [9.17, 15) is 4.79 Å². The molecule has 0 radical (unpaired) electrons. The highest BCUT2D eigenvalue weighted by atomic mass is 16.5. The normalized spacial score (nSPS) is 9.62. The van der Waals surface area contributed by atoms with Gasteiger partial charge in [0.1, 0.15) is 0 Å². The number of hydrogen-bond acceptors (Lipinski definition) is 3. The van der Waals surface area contributed by atoms with Gasteiger partial charge in [-0.15, -0.1) is 0 Å². The summed E-state index contributed by atoms with van der Waals surface area (Å²) < 4.78 is 6.95. The van der Waals surface area contributed by atoms with Crippen LogP contribution in [0.3, 0.4) is 0 Å². The lowest BCUT2D eigenvalue weighted by atomic mass is 10.2. The molecule has 0 aromatic carbocycles. The van der Waals surface area contributed by atoms with Crippen molar-refractivity contribution >= 4 is 0 Å². The highest BCUT2D eigenvalue weighted by molar-refractivity contribution is 5.28. The SMILES string of the molecule is CCc1c(OC)c(=O)ccn1CCN=[N+]=[N-]. The average molecular weight is 222 g/mol. The Morgan fingerprint density at radius 3 is 2.94 bits per heavy atom. The van der Waals surface area contributed by atoms with Gasteiger partial charge in [0.25, 0.3) is 0 Å². The lowest BCUT2D eigenvalue weighted by molar-refractivity contribution is 0.397. The van der Waals surface area contributed by atoms with Crippen LogP contribution in [0.1, 0.15) is 12.6 Å². The second-order valence-corrected chi connectivity index (χ2v) is 3.16. The molecule has 0 fully saturated rings. The molecule has 1 aromatic rings. The van der Waals surface area contributed by atoms with E-state index in [0.29, 0.717) is 25.3 Å². The first-order valence-electron chi connectivity index (χ1n) is 5.01. The average Bonchev–Trinajstić information content (AvgIpc) is 2.30. The Hall–Kier alpha value is -1.94. The molecule has 0 unspecified atom stereocenters. The molecular weight excluding hydrogens is 208 g/mol. The zero-order valence-corrected chi connectivity index (χ0v) is 9.38. The van der Waals surface area contributed by atoms with Gasteiger partial charge in [-0.3, -0.25) is 4.79 Å². The van der Waals surface area contributed by atoms with Crippen molar-refractivity contribution in [1.29, 1.82) is 0 Å². The van der Waals surface area contributed by atoms with Crippen LogP contribution >= 0.6 is 0 Å². The number of hydrogen-bond donors (Lipinski definition) is 0. The summed E-state index contributed by atoms with van der Waals surface area (Å²) >= 11 is 0.